The lowest BCUT2D eigenvalue weighted by molar-refractivity contribution is -0.386. The first-order valence-electron chi connectivity index (χ1n) is 6.34. The standard InChI is InChI=1S/C14H14N2O6/c1-8-11(9(2)22-15-8)7-21-14-12(16(18)19)4-10(6-17)5-13(14)20-3/h4-6H,7H2,1-3H3. The Kier molecular flexibility index (Phi) is 4.40. The summed E-state index contributed by atoms with van der Waals surface area (Å²) >= 11 is 0. The maximum atomic E-state index is 11.2. The number of aryl methyl sites for hydroxylation is 2. The first kappa shape index (κ1) is 15.5. The van der Waals surface area contributed by atoms with E-state index < -0.39 is 4.92 Å². The van der Waals surface area contributed by atoms with Gasteiger partial charge in [0.25, 0.3) is 0 Å². The largest absolute Gasteiger partial charge is 0.493 e. The third kappa shape index (κ3) is 2.90. The number of nitro benzene ring substituents is 1. The lowest BCUT2D eigenvalue weighted by Crippen LogP contribution is -2.03. The number of aldehydes is 1. The van der Waals surface area contributed by atoms with E-state index >= 15 is 0 Å². The number of carbonyl (C=O) groups is 1. The second kappa shape index (κ2) is 6.25. The molecular weight excluding hydrogens is 292 g/mol. The first-order chi connectivity index (χ1) is 10.5. The van der Waals surface area contributed by atoms with E-state index in [0.29, 0.717) is 23.3 Å². The van der Waals surface area contributed by atoms with Crippen LogP contribution < -0.4 is 9.47 Å². The second-order valence-electron chi connectivity index (χ2n) is 4.54. The summed E-state index contributed by atoms with van der Waals surface area (Å²) in [5.41, 5.74) is 1.14. The molecule has 1 heterocycles. The number of rotatable bonds is 6. The van der Waals surface area contributed by atoms with Crippen LogP contribution in [0.4, 0.5) is 5.69 Å². The summed E-state index contributed by atoms with van der Waals surface area (Å²) in [4.78, 5) is 21.4. The molecule has 1 aromatic carbocycles. The van der Waals surface area contributed by atoms with E-state index in [1.807, 2.05) is 0 Å². The SMILES string of the molecule is COc1cc(C=O)cc([N+](=O)[O-])c1OCc1c(C)noc1C. The van der Waals surface area contributed by atoms with E-state index in [1.54, 1.807) is 13.8 Å². The van der Waals surface area contributed by atoms with Gasteiger partial charge in [-0.05, 0) is 19.9 Å². The molecule has 2 rings (SSSR count). The topological polar surface area (TPSA) is 105 Å². The molecular formula is C14H14N2O6. The zero-order valence-electron chi connectivity index (χ0n) is 12.3. The number of benzene rings is 1. The Morgan fingerprint density at radius 1 is 1.41 bits per heavy atom. The van der Waals surface area contributed by atoms with Crippen LogP contribution in [0.5, 0.6) is 11.5 Å². The van der Waals surface area contributed by atoms with Gasteiger partial charge in [-0.1, -0.05) is 5.16 Å². The maximum Gasteiger partial charge on any atom is 0.315 e. The van der Waals surface area contributed by atoms with Crippen molar-refractivity contribution in [3.8, 4) is 11.5 Å². The average Bonchev–Trinajstić information content (AvgIpc) is 2.83. The van der Waals surface area contributed by atoms with E-state index in [9.17, 15) is 14.9 Å². The highest BCUT2D eigenvalue weighted by atomic mass is 16.6. The van der Waals surface area contributed by atoms with Gasteiger partial charge >= 0.3 is 5.69 Å². The molecule has 0 amide bonds. The van der Waals surface area contributed by atoms with Crippen LogP contribution in [0.25, 0.3) is 0 Å². The second-order valence-corrected chi connectivity index (χ2v) is 4.54. The Hall–Kier alpha value is -2.90. The van der Waals surface area contributed by atoms with E-state index in [2.05, 4.69) is 5.16 Å². The summed E-state index contributed by atoms with van der Waals surface area (Å²) in [6.07, 6.45) is 0.508. The first-order valence-corrected chi connectivity index (χ1v) is 6.34. The molecule has 0 atom stereocenters. The van der Waals surface area contributed by atoms with E-state index in [0.717, 1.165) is 6.07 Å². The average molecular weight is 306 g/mol. The highest BCUT2D eigenvalue weighted by molar-refractivity contribution is 5.79. The Morgan fingerprint density at radius 3 is 2.64 bits per heavy atom. The number of carbonyl (C=O) groups excluding carboxylic acids is 1. The van der Waals surface area contributed by atoms with Crippen molar-refractivity contribution in [1.82, 2.24) is 5.16 Å². The lowest BCUT2D eigenvalue weighted by atomic mass is 10.2. The number of nitrogens with zero attached hydrogens (tertiary/aromatic N) is 2. The molecule has 1 aromatic heterocycles. The van der Waals surface area contributed by atoms with Crippen LogP contribution >= 0.6 is 0 Å². The molecule has 0 fully saturated rings. The minimum Gasteiger partial charge on any atom is -0.493 e. The fourth-order valence-electron chi connectivity index (χ4n) is 1.96. The molecule has 0 saturated heterocycles. The molecule has 0 saturated carbocycles. The van der Waals surface area contributed by atoms with Gasteiger partial charge in [-0.2, -0.15) is 0 Å². The fourth-order valence-corrected chi connectivity index (χ4v) is 1.96. The third-order valence-electron chi connectivity index (χ3n) is 3.15. The van der Waals surface area contributed by atoms with Gasteiger partial charge in [0.1, 0.15) is 18.7 Å². The molecule has 0 spiro atoms. The highest BCUT2D eigenvalue weighted by Crippen LogP contribution is 2.38. The minimum absolute atomic E-state index is 0.0405. The number of methoxy groups -OCH3 is 1. The van der Waals surface area contributed by atoms with E-state index in [-0.39, 0.29) is 29.4 Å². The number of ether oxygens (including phenoxy) is 2. The Balaban J connectivity index is 2.40. The van der Waals surface area contributed by atoms with Crippen molar-refractivity contribution in [2.24, 2.45) is 0 Å². The van der Waals surface area contributed by atoms with Crippen molar-refractivity contribution in [3.05, 3.63) is 44.8 Å². The van der Waals surface area contributed by atoms with Gasteiger partial charge in [0.05, 0.1) is 23.3 Å². The van der Waals surface area contributed by atoms with Crippen molar-refractivity contribution in [1.29, 1.82) is 0 Å². The Labute approximate surface area is 125 Å². The van der Waals surface area contributed by atoms with Gasteiger partial charge in [0.2, 0.25) is 5.75 Å². The summed E-state index contributed by atoms with van der Waals surface area (Å²) in [6.45, 7) is 3.51. The van der Waals surface area contributed by atoms with Gasteiger partial charge in [0.15, 0.2) is 5.75 Å². The molecule has 0 aliphatic rings. The molecule has 116 valence electrons. The zero-order valence-corrected chi connectivity index (χ0v) is 12.3. The van der Waals surface area contributed by atoms with Gasteiger partial charge in [-0.3, -0.25) is 14.9 Å². The normalized spacial score (nSPS) is 10.3. The number of hydrogen-bond acceptors (Lipinski definition) is 7. The van der Waals surface area contributed by atoms with Crippen LogP contribution in [-0.4, -0.2) is 23.5 Å². The molecule has 0 N–H and O–H groups in total. The molecule has 8 heteroatoms. The molecule has 8 nitrogen and oxygen atoms in total. The van der Waals surface area contributed by atoms with Crippen molar-refractivity contribution in [2.75, 3.05) is 7.11 Å². The molecule has 2 aromatic rings. The fraction of sp³-hybridized carbons (Fsp3) is 0.286. The molecule has 0 aliphatic carbocycles. The third-order valence-corrected chi connectivity index (χ3v) is 3.15. The van der Waals surface area contributed by atoms with Crippen LogP contribution in [0, 0.1) is 24.0 Å². The smallest absolute Gasteiger partial charge is 0.315 e. The van der Waals surface area contributed by atoms with Crippen LogP contribution in [-0.2, 0) is 6.61 Å². The Morgan fingerprint density at radius 2 is 2.14 bits per heavy atom. The van der Waals surface area contributed by atoms with Crippen molar-refractivity contribution >= 4 is 12.0 Å². The van der Waals surface area contributed by atoms with E-state index in [4.69, 9.17) is 14.0 Å². The molecule has 0 radical (unpaired) electrons. The van der Waals surface area contributed by atoms with E-state index in [1.165, 1.54) is 13.2 Å². The molecule has 0 aliphatic heterocycles. The number of aromatic nitrogens is 1. The van der Waals surface area contributed by atoms with Crippen molar-refractivity contribution in [3.63, 3.8) is 0 Å². The quantitative estimate of drug-likeness (QED) is 0.459. The summed E-state index contributed by atoms with van der Waals surface area (Å²) in [6, 6.07) is 2.51. The molecule has 22 heavy (non-hydrogen) atoms. The monoisotopic (exact) mass is 306 g/mol. The summed E-state index contributed by atoms with van der Waals surface area (Å²) in [5, 5.41) is 15.0. The molecule has 0 bridgehead atoms. The summed E-state index contributed by atoms with van der Waals surface area (Å²) < 4.78 is 15.6. The highest BCUT2D eigenvalue weighted by Gasteiger charge is 2.23. The van der Waals surface area contributed by atoms with Crippen LogP contribution in [0.2, 0.25) is 0 Å². The van der Waals surface area contributed by atoms with Crippen molar-refractivity contribution in [2.45, 2.75) is 20.5 Å². The molecule has 0 unspecified atom stereocenters. The van der Waals surface area contributed by atoms with Crippen LogP contribution in [0.1, 0.15) is 27.4 Å². The van der Waals surface area contributed by atoms with Crippen LogP contribution in [0.15, 0.2) is 16.7 Å². The van der Waals surface area contributed by atoms with Crippen LogP contribution in [0.3, 0.4) is 0 Å². The zero-order chi connectivity index (χ0) is 16.3. The van der Waals surface area contributed by atoms with Gasteiger partial charge in [-0.25, -0.2) is 0 Å². The number of hydrogen-bond donors (Lipinski definition) is 0. The predicted molar refractivity (Wildman–Crippen MR) is 75.3 cm³/mol. The summed E-state index contributed by atoms with van der Waals surface area (Å²) in [5.74, 6) is 0.643. The van der Waals surface area contributed by atoms with Gasteiger partial charge < -0.3 is 14.0 Å². The van der Waals surface area contributed by atoms with Crippen molar-refractivity contribution < 1.29 is 23.7 Å². The predicted octanol–water partition coefficient (Wildman–Crippen LogP) is 2.60. The number of nitro groups is 1. The lowest BCUT2D eigenvalue weighted by Gasteiger charge is -2.11. The van der Waals surface area contributed by atoms with Gasteiger partial charge in [0, 0.05) is 11.6 Å². The Bertz CT molecular complexity index is 703. The summed E-state index contributed by atoms with van der Waals surface area (Å²) in [7, 11) is 1.34. The van der Waals surface area contributed by atoms with Gasteiger partial charge in [-0.15, -0.1) is 0 Å². The maximum absolute atomic E-state index is 11.2. The minimum atomic E-state index is -0.627.